The fourth-order valence-electron chi connectivity index (χ4n) is 3.64. The average molecular weight is 460 g/mol. The van der Waals surface area contributed by atoms with Crippen molar-refractivity contribution in [3.05, 3.63) is 41.2 Å². The Hall–Kier alpha value is -3.67. The molecule has 10 nitrogen and oxygen atoms in total. The Bertz CT molecular complexity index is 1180. The number of rotatable bonds is 6. The van der Waals surface area contributed by atoms with Crippen LogP contribution in [0.15, 0.2) is 23.3 Å². The van der Waals surface area contributed by atoms with Crippen molar-refractivity contribution in [2.24, 2.45) is 5.10 Å². The van der Waals surface area contributed by atoms with Gasteiger partial charge >= 0.3 is 0 Å². The first-order valence-corrected chi connectivity index (χ1v) is 10.6. The molecule has 1 aliphatic heterocycles. The highest BCUT2D eigenvalue weighted by Crippen LogP contribution is 2.30. The third kappa shape index (κ3) is 5.22. The van der Waals surface area contributed by atoms with Gasteiger partial charge in [0.1, 0.15) is 5.84 Å². The van der Waals surface area contributed by atoms with Gasteiger partial charge in [-0.15, -0.1) is 5.10 Å². The van der Waals surface area contributed by atoms with Gasteiger partial charge in [-0.1, -0.05) is 0 Å². The molecule has 33 heavy (non-hydrogen) atoms. The number of nitrogens with zero attached hydrogens (tertiary/aromatic N) is 4. The van der Waals surface area contributed by atoms with Crippen LogP contribution in [-0.2, 0) is 0 Å². The van der Waals surface area contributed by atoms with Crippen LogP contribution < -0.4 is 15.7 Å². The maximum Gasteiger partial charge on any atom is 0.195 e. The van der Waals surface area contributed by atoms with Crippen molar-refractivity contribution in [2.45, 2.75) is 20.3 Å². The molecule has 176 valence electrons. The van der Waals surface area contributed by atoms with Gasteiger partial charge in [-0.2, -0.15) is 5.10 Å². The van der Waals surface area contributed by atoms with E-state index >= 15 is 0 Å². The number of anilines is 1. The number of aromatic amines is 2. The summed E-state index contributed by atoms with van der Waals surface area (Å²) >= 11 is 0. The lowest BCUT2D eigenvalue weighted by Crippen LogP contribution is -2.48. The zero-order chi connectivity index (χ0) is 23.5. The van der Waals surface area contributed by atoms with E-state index < -0.39 is 11.6 Å². The highest BCUT2D eigenvalue weighted by molar-refractivity contribution is 5.99. The predicted octanol–water partition coefficient (Wildman–Crippen LogP) is 2.71. The summed E-state index contributed by atoms with van der Waals surface area (Å²) in [5.74, 6) is -0.849. The first kappa shape index (κ1) is 22.5. The van der Waals surface area contributed by atoms with Crippen LogP contribution in [0.25, 0.3) is 10.9 Å². The van der Waals surface area contributed by atoms with Crippen molar-refractivity contribution in [1.29, 1.82) is 5.41 Å². The van der Waals surface area contributed by atoms with Crippen molar-refractivity contribution in [3.8, 4) is 5.75 Å². The number of hydrogen-bond donors (Lipinski definition) is 5. The second-order valence-electron chi connectivity index (χ2n) is 8.10. The van der Waals surface area contributed by atoms with Gasteiger partial charge in [-0.25, -0.2) is 14.3 Å². The van der Waals surface area contributed by atoms with Crippen LogP contribution >= 0.6 is 0 Å². The van der Waals surface area contributed by atoms with Gasteiger partial charge in [0.05, 0.1) is 11.9 Å². The number of aromatic nitrogens is 3. The Balaban J connectivity index is 1.49. The molecule has 5 N–H and O–H groups in total. The third-order valence-corrected chi connectivity index (χ3v) is 5.40. The first-order valence-electron chi connectivity index (χ1n) is 10.6. The number of likely N-dealkylation sites (N-methyl/N-ethyl adjacent to an activating group) is 1. The zero-order valence-corrected chi connectivity index (χ0v) is 18.7. The van der Waals surface area contributed by atoms with Crippen LogP contribution in [0.3, 0.4) is 0 Å². The highest BCUT2D eigenvalue weighted by atomic mass is 19.1. The van der Waals surface area contributed by atoms with Gasteiger partial charge in [0, 0.05) is 55.1 Å². The minimum absolute atomic E-state index is 0.0107. The summed E-state index contributed by atoms with van der Waals surface area (Å²) in [6.45, 7) is 6.69. The Morgan fingerprint density at radius 1 is 1.18 bits per heavy atom. The van der Waals surface area contributed by atoms with Gasteiger partial charge in [0.15, 0.2) is 29.1 Å². The van der Waals surface area contributed by atoms with Crippen molar-refractivity contribution in [2.75, 3.05) is 38.7 Å². The molecule has 0 unspecified atom stereocenters. The normalized spacial score (nSPS) is 15.2. The molecule has 12 heteroatoms. The summed E-state index contributed by atoms with van der Waals surface area (Å²) in [6.07, 6.45) is -0.0107. The zero-order valence-electron chi connectivity index (χ0n) is 18.7. The summed E-state index contributed by atoms with van der Waals surface area (Å²) in [7, 11) is 2.04. The summed E-state index contributed by atoms with van der Waals surface area (Å²) in [5, 5.41) is 19.6. The molecule has 0 amide bonds. The maximum absolute atomic E-state index is 14.9. The first-order chi connectivity index (χ1) is 15.8. The number of hydrogen-bond acceptors (Lipinski definition) is 7. The van der Waals surface area contributed by atoms with E-state index in [2.05, 4.69) is 36.1 Å². The van der Waals surface area contributed by atoms with E-state index in [0.717, 1.165) is 24.8 Å². The number of halogens is 2. The summed E-state index contributed by atoms with van der Waals surface area (Å²) in [6, 6.07) is 4.27. The number of nitrogens with one attached hydrogen (secondary N) is 5. The van der Waals surface area contributed by atoms with Crippen LogP contribution in [0, 0.1) is 30.9 Å². The molecule has 0 atom stereocenters. The monoisotopic (exact) mass is 459 g/mol. The lowest BCUT2D eigenvalue weighted by molar-refractivity contribution is 0.213. The average Bonchev–Trinajstić information content (AvgIpc) is 3.37. The van der Waals surface area contributed by atoms with Crippen molar-refractivity contribution >= 4 is 28.5 Å². The molecule has 0 aliphatic carbocycles. The highest BCUT2D eigenvalue weighted by Gasteiger charge is 2.22. The largest absolute Gasteiger partial charge is 0.440 e. The number of H-pyrrole nitrogens is 2. The molecule has 3 aromatic rings. The van der Waals surface area contributed by atoms with Crippen LogP contribution in [0.1, 0.15) is 17.8 Å². The Labute approximate surface area is 189 Å². The van der Waals surface area contributed by atoms with E-state index in [1.807, 2.05) is 18.9 Å². The Kier molecular flexibility index (Phi) is 6.45. The standard InChI is InChI=1S/C21H27F2N9O/c1-12-8-14-20(23)16(10-15(22)21(14)25-12)33-17(24)11-19(32-6-4-31(3)5-7-32)29-30-28-18-9-13(2)26-27-18/h8-10,24-25,30H,4-7,11H2,1-3H3,(H2,26,27,28)/b24-17?,29-19-. The molecule has 1 aromatic carbocycles. The summed E-state index contributed by atoms with van der Waals surface area (Å²) in [5.41, 5.74) is 7.21. The van der Waals surface area contributed by atoms with Crippen LogP contribution in [-0.4, -0.2) is 69.9 Å². The number of fused-ring (bicyclic) bond motifs is 1. The lowest BCUT2D eigenvalue weighted by Gasteiger charge is -2.34. The molecule has 1 fully saturated rings. The Morgan fingerprint density at radius 3 is 2.64 bits per heavy atom. The number of hydrazone groups is 1. The molecule has 0 spiro atoms. The smallest absolute Gasteiger partial charge is 0.195 e. The molecule has 1 saturated heterocycles. The number of amidine groups is 1. The molecule has 2 aromatic heterocycles. The van der Waals surface area contributed by atoms with E-state index in [1.54, 1.807) is 13.0 Å². The Morgan fingerprint density at radius 2 is 1.94 bits per heavy atom. The van der Waals surface area contributed by atoms with Crippen LogP contribution in [0.2, 0.25) is 0 Å². The SMILES string of the molecule is Cc1cc(NN/N=C(/CC(=N)Oc2cc(F)c3[nH]c(C)cc3c2F)N2CCN(C)CC2)n[nH]1. The minimum atomic E-state index is -0.715. The van der Waals surface area contributed by atoms with Crippen LogP contribution in [0.5, 0.6) is 5.75 Å². The fourth-order valence-corrected chi connectivity index (χ4v) is 3.64. The van der Waals surface area contributed by atoms with Crippen molar-refractivity contribution in [3.63, 3.8) is 0 Å². The van der Waals surface area contributed by atoms with Gasteiger partial charge in [-0.05, 0) is 27.0 Å². The lowest BCUT2D eigenvalue weighted by atomic mass is 10.2. The molecule has 0 saturated carbocycles. The number of benzene rings is 1. The number of piperazine rings is 1. The summed E-state index contributed by atoms with van der Waals surface area (Å²) in [4.78, 5) is 7.01. The number of ether oxygens (including phenoxy) is 1. The van der Waals surface area contributed by atoms with E-state index in [0.29, 0.717) is 30.4 Å². The molecular weight excluding hydrogens is 432 g/mol. The quantitative estimate of drug-likeness (QED) is 0.220. The molecular formula is C21H27F2N9O. The second kappa shape index (κ2) is 9.45. The molecule has 3 heterocycles. The molecule has 0 radical (unpaired) electrons. The molecule has 1 aliphatic rings. The topological polar surface area (TPSA) is 120 Å². The van der Waals surface area contributed by atoms with Gasteiger partial charge in [0.25, 0.3) is 0 Å². The van der Waals surface area contributed by atoms with Gasteiger partial charge in [0.2, 0.25) is 0 Å². The summed E-state index contributed by atoms with van der Waals surface area (Å²) < 4.78 is 34.7. The van der Waals surface area contributed by atoms with E-state index in [9.17, 15) is 8.78 Å². The fraction of sp³-hybridized carbons (Fsp3) is 0.381. The molecule has 0 bridgehead atoms. The number of hydrazine groups is 1. The van der Waals surface area contributed by atoms with E-state index in [4.69, 9.17) is 10.1 Å². The predicted molar refractivity (Wildman–Crippen MR) is 123 cm³/mol. The van der Waals surface area contributed by atoms with Crippen LogP contribution in [0.4, 0.5) is 14.6 Å². The van der Waals surface area contributed by atoms with Gasteiger partial charge in [-0.3, -0.25) is 15.9 Å². The van der Waals surface area contributed by atoms with Crippen molar-refractivity contribution < 1.29 is 13.5 Å². The minimum Gasteiger partial charge on any atom is -0.440 e. The second-order valence-corrected chi connectivity index (χ2v) is 8.10. The van der Waals surface area contributed by atoms with E-state index in [1.165, 1.54) is 6.07 Å². The van der Waals surface area contributed by atoms with Gasteiger partial charge < -0.3 is 19.5 Å². The van der Waals surface area contributed by atoms with Crippen molar-refractivity contribution in [1.82, 2.24) is 30.5 Å². The van der Waals surface area contributed by atoms with E-state index in [-0.39, 0.29) is 29.0 Å². The number of aryl methyl sites for hydroxylation is 2. The third-order valence-electron chi connectivity index (χ3n) is 5.40. The maximum atomic E-state index is 14.9. The molecule has 4 rings (SSSR count).